The lowest BCUT2D eigenvalue weighted by atomic mass is 10.1. The van der Waals surface area contributed by atoms with Gasteiger partial charge < -0.3 is 15.0 Å². The van der Waals surface area contributed by atoms with Crippen LogP contribution in [-0.4, -0.2) is 46.6 Å². The minimum absolute atomic E-state index is 0.0602. The van der Waals surface area contributed by atoms with Crippen LogP contribution >= 0.6 is 11.8 Å². The topological polar surface area (TPSA) is 72.3 Å². The van der Waals surface area contributed by atoms with E-state index in [1.807, 2.05) is 36.4 Å². The molecule has 1 aliphatic rings. The van der Waals surface area contributed by atoms with Crippen LogP contribution in [0, 0.1) is 0 Å². The van der Waals surface area contributed by atoms with Crippen molar-refractivity contribution >= 4 is 29.0 Å². The molecule has 2 heterocycles. The van der Waals surface area contributed by atoms with Crippen LogP contribution in [0.2, 0.25) is 0 Å². The molecule has 1 aliphatic heterocycles. The van der Waals surface area contributed by atoms with Crippen LogP contribution in [0.15, 0.2) is 53.7 Å². The van der Waals surface area contributed by atoms with E-state index >= 15 is 0 Å². The van der Waals surface area contributed by atoms with E-state index in [1.54, 1.807) is 7.11 Å². The monoisotopic (exact) mass is 465 g/mol. The van der Waals surface area contributed by atoms with Crippen LogP contribution in [-0.2, 0) is 4.79 Å². The number of nitrogens with zero attached hydrogens (tertiary/aromatic N) is 4. The molecular formula is C25H31N5O2S. The first-order valence-corrected chi connectivity index (χ1v) is 12.4. The maximum atomic E-state index is 12.6. The number of nitrogens with one attached hydrogen (secondary N) is 1. The highest BCUT2D eigenvalue weighted by Crippen LogP contribution is 2.29. The number of methoxy groups -OCH3 is 1. The fraction of sp³-hybridized carbons (Fsp3) is 0.400. The maximum Gasteiger partial charge on any atom is 0.234 e. The molecular weight excluding hydrogens is 434 g/mol. The van der Waals surface area contributed by atoms with E-state index in [4.69, 9.17) is 4.74 Å². The highest BCUT2D eigenvalue weighted by molar-refractivity contribution is 7.99. The molecule has 1 aromatic heterocycles. The molecule has 8 heteroatoms. The predicted octanol–water partition coefficient (Wildman–Crippen LogP) is 5.26. The summed E-state index contributed by atoms with van der Waals surface area (Å²) in [5, 5.41) is 12.5. The SMILES string of the molecule is COc1ccc(-c2nnc(SCC(=O)Nc3ccc(N4CCCCC4)cc3)n2C(C)C)cc1. The van der Waals surface area contributed by atoms with Gasteiger partial charge in [-0.15, -0.1) is 10.2 Å². The van der Waals surface area contributed by atoms with Gasteiger partial charge in [0, 0.05) is 36.1 Å². The zero-order chi connectivity index (χ0) is 23.2. The van der Waals surface area contributed by atoms with Crippen molar-refractivity contribution in [3.8, 4) is 17.1 Å². The Kier molecular flexibility index (Phi) is 7.54. The number of ether oxygens (including phenoxy) is 1. The Hall–Kier alpha value is -3.00. The van der Waals surface area contributed by atoms with Crippen molar-refractivity contribution in [1.82, 2.24) is 14.8 Å². The van der Waals surface area contributed by atoms with E-state index in [0.717, 1.165) is 41.1 Å². The Bertz CT molecular complexity index is 1060. The van der Waals surface area contributed by atoms with Gasteiger partial charge in [0.05, 0.1) is 12.9 Å². The number of benzene rings is 2. The van der Waals surface area contributed by atoms with Crippen molar-refractivity contribution in [2.45, 2.75) is 44.3 Å². The molecule has 0 unspecified atom stereocenters. The average Bonchev–Trinajstić information content (AvgIpc) is 3.28. The van der Waals surface area contributed by atoms with Crippen LogP contribution in [0.5, 0.6) is 5.75 Å². The Morgan fingerprint density at radius 3 is 2.36 bits per heavy atom. The molecule has 0 atom stereocenters. The summed E-state index contributed by atoms with van der Waals surface area (Å²) in [7, 11) is 1.65. The van der Waals surface area contributed by atoms with Crippen molar-refractivity contribution in [1.29, 1.82) is 0 Å². The van der Waals surface area contributed by atoms with Gasteiger partial charge in [0.25, 0.3) is 0 Å². The third kappa shape index (κ3) is 5.68. The van der Waals surface area contributed by atoms with Crippen molar-refractivity contribution < 1.29 is 9.53 Å². The molecule has 0 spiro atoms. The zero-order valence-electron chi connectivity index (χ0n) is 19.5. The molecule has 1 N–H and O–H groups in total. The number of aromatic nitrogens is 3. The van der Waals surface area contributed by atoms with Gasteiger partial charge >= 0.3 is 0 Å². The molecule has 0 aliphatic carbocycles. The summed E-state index contributed by atoms with van der Waals surface area (Å²) in [6.07, 6.45) is 3.81. The van der Waals surface area contributed by atoms with Crippen LogP contribution in [0.1, 0.15) is 39.2 Å². The largest absolute Gasteiger partial charge is 0.497 e. The highest BCUT2D eigenvalue weighted by atomic mass is 32.2. The molecule has 33 heavy (non-hydrogen) atoms. The number of amides is 1. The maximum absolute atomic E-state index is 12.6. The minimum atomic E-state index is -0.0602. The zero-order valence-corrected chi connectivity index (χ0v) is 20.3. The molecule has 4 rings (SSSR count). The van der Waals surface area contributed by atoms with Crippen molar-refractivity contribution in [2.75, 3.05) is 36.2 Å². The summed E-state index contributed by atoms with van der Waals surface area (Å²) in [5.74, 6) is 1.78. The Labute approximate surface area is 199 Å². The molecule has 0 radical (unpaired) electrons. The summed E-state index contributed by atoms with van der Waals surface area (Å²) < 4.78 is 7.31. The van der Waals surface area contributed by atoms with Crippen LogP contribution in [0.3, 0.4) is 0 Å². The Morgan fingerprint density at radius 2 is 1.73 bits per heavy atom. The van der Waals surface area contributed by atoms with Gasteiger partial charge in [0.15, 0.2) is 11.0 Å². The fourth-order valence-corrected chi connectivity index (χ4v) is 4.88. The van der Waals surface area contributed by atoms with E-state index in [9.17, 15) is 4.79 Å². The van der Waals surface area contributed by atoms with E-state index in [2.05, 4.69) is 51.0 Å². The molecule has 174 valence electrons. The second-order valence-corrected chi connectivity index (χ2v) is 9.37. The molecule has 1 fully saturated rings. The summed E-state index contributed by atoms with van der Waals surface area (Å²) in [6.45, 7) is 6.39. The number of hydrogen-bond acceptors (Lipinski definition) is 6. The summed E-state index contributed by atoms with van der Waals surface area (Å²) in [5.41, 5.74) is 2.99. The second kappa shape index (κ2) is 10.7. The fourth-order valence-electron chi connectivity index (χ4n) is 4.01. The van der Waals surface area contributed by atoms with Gasteiger partial charge in [-0.25, -0.2) is 0 Å². The van der Waals surface area contributed by atoms with Crippen LogP contribution in [0.25, 0.3) is 11.4 Å². The van der Waals surface area contributed by atoms with Gasteiger partial charge in [-0.2, -0.15) is 0 Å². The normalized spacial score (nSPS) is 13.9. The van der Waals surface area contributed by atoms with Crippen LogP contribution < -0.4 is 15.0 Å². The van der Waals surface area contributed by atoms with E-state index in [-0.39, 0.29) is 17.7 Å². The minimum Gasteiger partial charge on any atom is -0.497 e. The lowest BCUT2D eigenvalue weighted by Gasteiger charge is -2.28. The van der Waals surface area contributed by atoms with E-state index in [1.165, 1.54) is 36.7 Å². The number of anilines is 2. The number of hydrogen-bond donors (Lipinski definition) is 1. The first kappa shape index (κ1) is 23.2. The van der Waals surface area contributed by atoms with Gasteiger partial charge in [-0.1, -0.05) is 11.8 Å². The number of rotatable bonds is 8. The quantitative estimate of drug-likeness (QED) is 0.458. The van der Waals surface area contributed by atoms with Crippen molar-refractivity contribution in [2.24, 2.45) is 0 Å². The van der Waals surface area contributed by atoms with Gasteiger partial charge in [-0.3, -0.25) is 9.36 Å². The molecule has 3 aromatic rings. The van der Waals surface area contributed by atoms with Gasteiger partial charge in [0.2, 0.25) is 5.91 Å². The number of thioether (sulfide) groups is 1. The lowest BCUT2D eigenvalue weighted by molar-refractivity contribution is -0.113. The molecule has 0 bridgehead atoms. The number of carbonyl (C=O) groups is 1. The van der Waals surface area contributed by atoms with Gasteiger partial charge in [0.1, 0.15) is 5.75 Å². The molecule has 7 nitrogen and oxygen atoms in total. The van der Waals surface area contributed by atoms with E-state index < -0.39 is 0 Å². The predicted molar refractivity (Wildman–Crippen MR) is 134 cm³/mol. The van der Waals surface area contributed by atoms with Gasteiger partial charge in [-0.05, 0) is 81.6 Å². The molecule has 2 aromatic carbocycles. The third-order valence-electron chi connectivity index (χ3n) is 5.73. The molecule has 1 amide bonds. The molecule has 0 saturated carbocycles. The van der Waals surface area contributed by atoms with Crippen LogP contribution in [0.4, 0.5) is 11.4 Å². The Morgan fingerprint density at radius 1 is 1.03 bits per heavy atom. The molecule has 1 saturated heterocycles. The first-order chi connectivity index (χ1) is 16.0. The van der Waals surface area contributed by atoms with Crippen molar-refractivity contribution in [3.05, 3.63) is 48.5 Å². The standard InChI is InChI=1S/C25H31N5O2S/c1-18(2)30-24(19-7-13-22(32-3)14-8-19)27-28-25(30)33-17-23(31)26-20-9-11-21(12-10-20)29-15-5-4-6-16-29/h7-14,18H,4-6,15-17H2,1-3H3,(H,26,31). The second-order valence-electron chi connectivity index (χ2n) is 8.43. The number of piperidine rings is 1. The third-order valence-corrected chi connectivity index (χ3v) is 6.68. The number of carbonyl (C=O) groups excluding carboxylic acids is 1. The lowest BCUT2D eigenvalue weighted by Crippen LogP contribution is -2.29. The highest BCUT2D eigenvalue weighted by Gasteiger charge is 2.18. The smallest absolute Gasteiger partial charge is 0.234 e. The summed E-state index contributed by atoms with van der Waals surface area (Å²) >= 11 is 1.40. The summed E-state index contributed by atoms with van der Waals surface area (Å²) in [6, 6.07) is 16.0. The average molecular weight is 466 g/mol. The summed E-state index contributed by atoms with van der Waals surface area (Å²) in [4.78, 5) is 15.0. The first-order valence-electron chi connectivity index (χ1n) is 11.4. The Balaban J connectivity index is 1.38. The van der Waals surface area contributed by atoms with Crippen molar-refractivity contribution in [3.63, 3.8) is 0 Å². The van der Waals surface area contributed by atoms with E-state index in [0.29, 0.717) is 0 Å².